The normalized spacial score (nSPS) is 16.8. The summed E-state index contributed by atoms with van der Waals surface area (Å²) >= 11 is 0. The number of nitro groups is 1. The molecule has 0 saturated carbocycles. The summed E-state index contributed by atoms with van der Waals surface area (Å²) in [5.41, 5.74) is 0.515. The van der Waals surface area contributed by atoms with Crippen LogP contribution in [0.3, 0.4) is 0 Å². The average Bonchev–Trinajstić information content (AvgIpc) is 2.85. The van der Waals surface area contributed by atoms with Crippen molar-refractivity contribution < 1.29 is 13.3 Å². The van der Waals surface area contributed by atoms with Crippen LogP contribution < -0.4 is 10.0 Å². The van der Waals surface area contributed by atoms with Gasteiger partial charge < -0.3 is 15.0 Å². The number of pyridine rings is 1. The highest BCUT2D eigenvalue weighted by Crippen LogP contribution is 2.31. The van der Waals surface area contributed by atoms with Gasteiger partial charge >= 0.3 is 5.82 Å². The first-order valence-electron chi connectivity index (χ1n) is 7.22. The summed E-state index contributed by atoms with van der Waals surface area (Å²) in [6.45, 7) is 1.04. The first kappa shape index (κ1) is 15.7. The minimum atomic E-state index is -3.49. The van der Waals surface area contributed by atoms with Crippen LogP contribution in [0, 0.1) is 16.0 Å². The fourth-order valence-corrected chi connectivity index (χ4v) is 3.98. The van der Waals surface area contributed by atoms with Gasteiger partial charge in [0.05, 0.1) is 11.9 Å². The number of primary sulfonamides is 1. The van der Waals surface area contributed by atoms with Gasteiger partial charge in [-0.05, 0) is 29.7 Å². The summed E-state index contributed by atoms with van der Waals surface area (Å²) < 4.78 is 23.8. The number of aromatic nitrogens is 2. The van der Waals surface area contributed by atoms with E-state index in [0.717, 1.165) is 0 Å². The first-order chi connectivity index (χ1) is 10.8. The van der Waals surface area contributed by atoms with Crippen molar-refractivity contribution in [3.63, 3.8) is 0 Å². The monoisotopic (exact) mass is 339 g/mol. The second-order valence-electron chi connectivity index (χ2n) is 5.70. The fraction of sp³-hybridized carbons (Fsp3) is 0.462. The van der Waals surface area contributed by atoms with Crippen LogP contribution >= 0.6 is 0 Å². The molecular weight excluding hydrogens is 322 g/mol. The maximum Gasteiger partial charge on any atom is 0.372 e. The molecule has 0 atom stereocenters. The SMILES string of the molecule is NS(=O)(=O)CC1CCN(c2nc3ccccn3c2[N+](=O)[O-])CC1. The summed E-state index contributed by atoms with van der Waals surface area (Å²) in [6, 6.07) is 5.20. The Morgan fingerprint density at radius 3 is 2.65 bits per heavy atom. The molecule has 0 amide bonds. The molecule has 0 radical (unpaired) electrons. The summed E-state index contributed by atoms with van der Waals surface area (Å²) in [6.07, 6.45) is 2.83. The Balaban J connectivity index is 1.85. The number of nitrogens with two attached hydrogens (primary N) is 1. The van der Waals surface area contributed by atoms with Crippen LogP contribution in [0.5, 0.6) is 0 Å². The third-order valence-corrected chi connectivity index (χ3v) is 4.98. The second-order valence-corrected chi connectivity index (χ2v) is 7.36. The summed E-state index contributed by atoms with van der Waals surface area (Å²) in [4.78, 5) is 17.2. The van der Waals surface area contributed by atoms with Crippen molar-refractivity contribution >= 4 is 27.3 Å². The molecule has 9 nitrogen and oxygen atoms in total. The van der Waals surface area contributed by atoms with Crippen molar-refractivity contribution in [2.75, 3.05) is 23.7 Å². The quantitative estimate of drug-likeness (QED) is 0.647. The summed E-state index contributed by atoms with van der Waals surface area (Å²) in [7, 11) is -3.49. The van der Waals surface area contributed by atoms with E-state index in [-0.39, 0.29) is 17.5 Å². The lowest BCUT2D eigenvalue weighted by Gasteiger charge is -2.31. The molecule has 23 heavy (non-hydrogen) atoms. The Morgan fingerprint density at radius 2 is 2.04 bits per heavy atom. The van der Waals surface area contributed by atoms with E-state index in [0.29, 0.717) is 37.4 Å². The van der Waals surface area contributed by atoms with Gasteiger partial charge in [-0.1, -0.05) is 6.07 Å². The average molecular weight is 339 g/mol. The van der Waals surface area contributed by atoms with Gasteiger partial charge in [-0.2, -0.15) is 9.38 Å². The summed E-state index contributed by atoms with van der Waals surface area (Å²) in [5.74, 6) is 0.201. The van der Waals surface area contributed by atoms with Gasteiger partial charge in [0, 0.05) is 19.2 Å². The Kier molecular flexibility index (Phi) is 3.94. The molecule has 0 aromatic carbocycles. The Morgan fingerprint density at radius 1 is 1.35 bits per heavy atom. The van der Waals surface area contributed by atoms with Crippen molar-refractivity contribution in [3.8, 4) is 0 Å². The maximum absolute atomic E-state index is 11.4. The number of hydrogen-bond donors (Lipinski definition) is 1. The Hall–Kier alpha value is -2.20. The molecular formula is C13H17N5O4S. The highest BCUT2D eigenvalue weighted by atomic mass is 32.2. The van der Waals surface area contributed by atoms with Gasteiger partial charge in [-0.3, -0.25) is 0 Å². The van der Waals surface area contributed by atoms with Crippen molar-refractivity contribution in [3.05, 3.63) is 34.5 Å². The summed E-state index contributed by atoms with van der Waals surface area (Å²) in [5, 5.41) is 16.5. The number of sulfonamides is 1. The number of imidazole rings is 1. The standard InChI is InChI=1S/C13H17N5O4S/c14-23(21,22)9-10-4-7-16(8-5-10)12-13(18(19)20)17-6-2-1-3-11(17)15-12/h1-3,6,10H,4-5,7-9H2,(H2,14,21,22). The predicted molar refractivity (Wildman–Crippen MR) is 84.8 cm³/mol. The highest BCUT2D eigenvalue weighted by Gasteiger charge is 2.30. The molecule has 3 heterocycles. The van der Waals surface area contributed by atoms with E-state index in [4.69, 9.17) is 5.14 Å². The number of fused-ring (bicyclic) bond motifs is 1. The van der Waals surface area contributed by atoms with Crippen molar-refractivity contribution in [1.29, 1.82) is 0 Å². The smallest absolute Gasteiger partial charge is 0.358 e. The van der Waals surface area contributed by atoms with Gasteiger partial charge in [-0.25, -0.2) is 13.6 Å². The van der Waals surface area contributed by atoms with Gasteiger partial charge in [0.25, 0.3) is 0 Å². The van der Waals surface area contributed by atoms with Crippen LogP contribution in [-0.4, -0.2) is 41.6 Å². The lowest BCUT2D eigenvalue weighted by molar-refractivity contribution is -0.389. The molecule has 2 N–H and O–H groups in total. The minimum Gasteiger partial charge on any atom is -0.358 e. The highest BCUT2D eigenvalue weighted by molar-refractivity contribution is 7.89. The molecule has 2 aromatic rings. The molecule has 1 aliphatic rings. The molecule has 0 spiro atoms. The molecule has 10 heteroatoms. The van der Waals surface area contributed by atoms with Gasteiger partial charge in [0.1, 0.15) is 0 Å². The number of nitrogens with zero attached hydrogens (tertiary/aromatic N) is 4. The molecule has 0 aliphatic carbocycles. The van der Waals surface area contributed by atoms with Crippen LogP contribution in [0.25, 0.3) is 5.65 Å². The number of anilines is 1. The zero-order chi connectivity index (χ0) is 16.6. The maximum atomic E-state index is 11.4. The van der Waals surface area contributed by atoms with E-state index in [2.05, 4.69) is 4.98 Å². The van der Waals surface area contributed by atoms with Gasteiger partial charge in [0.2, 0.25) is 21.5 Å². The number of hydrogen-bond acceptors (Lipinski definition) is 6. The molecule has 0 bridgehead atoms. The van der Waals surface area contributed by atoms with Crippen LogP contribution in [0.4, 0.5) is 11.6 Å². The predicted octanol–water partition coefficient (Wildman–Crippen LogP) is 0.747. The third kappa shape index (κ3) is 3.27. The molecule has 2 aromatic heterocycles. The van der Waals surface area contributed by atoms with Crippen molar-refractivity contribution in [1.82, 2.24) is 9.38 Å². The lowest BCUT2D eigenvalue weighted by atomic mass is 9.99. The van der Waals surface area contributed by atoms with E-state index >= 15 is 0 Å². The lowest BCUT2D eigenvalue weighted by Crippen LogP contribution is -2.37. The van der Waals surface area contributed by atoms with Crippen LogP contribution in [0.1, 0.15) is 12.8 Å². The van der Waals surface area contributed by atoms with Crippen LogP contribution in [0.15, 0.2) is 24.4 Å². The molecule has 1 fully saturated rings. The molecule has 124 valence electrons. The van der Waals surface area contributed by atoms with E-state index in [9.17, 15) is 18.5 Å². The minimum absolute atomic E-state index is 0.0164. The third-order valence-electron chi connectivity index (χ3n) is 4.04. The Labute approximate surface area is 132 Å². The molecule has 3 rings (SSSR count). The van der Waals surface area contributed by atoms with Crippen LogP contribution in [0.2, 0.25) is 0 Å². The van der Waals surface area contributed by atoms with Crippen molar-refractivity contribution in [2.24, 2.45) is 11.1 Å². The van der Waals surface area contributed by atoms with Crippen LogP contribution in [-0.2, 0) is 10.0 Å². The number of rotatable bonds is 4. The molecule has 1 saturated heterocycles. The van der Waals surface area contributed by atoms with E-state index < -0.39 is 14.9 Å². The van der Waals surface area contributed by atoms with E-state index in [1.807, 2.05) is 4.90 Å². The topological polar surface area (TPSA) is 124 Å². The largest absolute Gasteiger partial charge is 0.372 e. The first-order valence-corrected chi connectivity index (χ1v) is 8.93. The fourth-order valence-electron chi connectivity index (χ4n) is 2.99. The second kappa shape index (κ2) is 5.78. The van der Waals surface area contributed by atoms with Gasteiger partial charge in [-0.15, -0.1) is 0 Å². The zero-order valence-corrected chi connectivity index (χ0v) is 13.1. The van der Waals surface area contributed by atoms with Gasteiger partial charge in [0.15, 0.2) is 0 Å². The molecule has 1 aliphatic heterocycles. The zero-order valence-electron chi connectivity index (χ0n) is 12.3. The van der Waals surface area contributed by atoms with E-state index in [1.54, 1.807) is 24.4 Å². The molecule has 0 unspecified atom stereocenters. The van der Waals surface area contributed by atoms with Crippen molar-refractivity contribution in [2.45, 2.75) is 12.8 Å². The number of piperidine rings is 1. The Bertz CT molecular complexity index is 839. The van der Waals surface area contributed by atoms with E-state index in [1.165, 1.54) is 4.40 Å².